The van der Waals surface area contributed by atoms with Gasteiger partial charge in [0.1, 0.15) is 17.5 Å². The fourth-order valence-electron chi connectivity index (χ4n) is 14.2. The van der Waals surface area contributed by atoms with Gasteiger partial charge in [-0.2, -0.15) is 0 Å². The topological polar surface area (TPSA) is 53.5 Å². The van der Waals surface area contributed by atoms with Crippen LogP contribution < -0.4 is 0 Å². The molecule has 12 bridgehead atoms. The highest BCUT2D eigenvalue weighted by molar-refractivity contribution is 5.68. The SMILES string of the molecule is Cc1cc(C(C)C)c(-n2c3cnc2-c2ccc(cc2)CCCCCCc2cnc(n2-c2c(C(C)C)cc(C)cc2C(C)C)-c2ccc(cc2)CCCCCc2cnc(n2-c2c(C(C)C)cc(C)cc2C(C)C)-c2ccc(cc2)CCCCCC3)c(C(C)C)c1. The smallest absolute Gasteiger partial charge is 0.144 e. The van der Waals surface area contributed by atoms with Crippen LogP contribution in [0.4, 0.5) is 0 Å². The van der Waals surface area contributed by atoms with E-state index in [9.17, 15) is 0 Å². The van der Waals surface area contributed by atoms with Crippen molar-refractivity contribution in [3.63, 3.8) is 0 Å². The number of aromatic nitrogens is 6. The quantitative estimate of drug-likeness (QED) is 0.145. The van der Waals surface area contributed by atoms with Gasteiger partial charge in [0, 0.05) is 52.4 Å². The standard InChI is InChI=1S/C83H106N6/c1-54(2)72-45-60(13)46-73(55(3)4)78(72)87-69-30-24-18-17-22-28-64-35-41-67(42-36-64)83-86-53-71(89(83)80-76(58(9)10)49-62(15)50-77(80)59(11)12)32-26-20-23-29-65-37-43-68(44-38-65)82-85-52-70(88(82)79-74(56(5)6)47-61(14)48-75(79)57(7)8)31-25-19-16-21-27-63-33-39-66(40-34-63)81(87)84-51-69/h33-59H,16-32H2,1-15H3. The third-order valence-electron chi connectivity index (χ3n) is 19.2. The zero-order valence-electron chi connectivity index (χ0n) is 57.3. The number of imidazole rings is 3. The Labute approximate surface area is 537 Å². The zero-order chi connectivity index (χ0) is 63.0. The Hall–Kier alpha value is -7.05. The van der Waals surface area contributed by atoms with Gasteiger partial charge in [0.25, 0.3) is 0 Å². The highest BCUT2D eigenvalue weighted by Gasteiger charge is 2.27. The molecule has 0 saturated carbocycles. The lowest BCUT2D eigenvalue weighted by atomic mass is 9.90. The van der Waals surface area contributed by atoms with Crippen LogP contribution in [0, 0.1) is 20.8 Å². The largest absolute Gasteiger partial charge is 0.296 e. The van der Waals surface area contributed by atoms with Gasteiger partial charge in [-0.25, -0.2) is 15.0 Å². The van der Waals surface area contributed by atoms with Crippen LogP contribution in [0.15, 0.2) is 128 Å². The summed E-state index contributed by atoms with van der Waals surface area (Å²) < 4.78 is 7.69. The molecule has 3 aromatic heterocycles. The molecule has 0 amide bonds. The maximum Gasteiger partial charge on any atom is 0.144 e. The van der Waals surface area contributed by atoms with Gasteiger partial charge in [0.05, 0.1) is 17.1 Å². The summed E-state index contributed by atoms with van der Waals surface area (Å²) >= 11 is 0. The Balaban J connectivity index is 0.981. The first-order valence-electron chi connectivity index (χ1n) is 34.8. The average Bonchev–Trinajstić information content (AvgIpc) is 1.82. The highest BCUT2D eigenvalue weighted by Crippen LogP contribution is 2.41. The molecule has 89 heavy (non-hydrogen) atoms. The minimum absolute atomic E-state index is 0.369. The van der Waals surface area contributed by atoms with Gasteiger partial charge < -0.3 is 0 Å². The summed E-state index contributed by atoms with van der Waals surface area (Å²) in [5.74, 6) is 5.39. The maximum absolute atomic E-state index is 5.32. The molecule has 0 saturated heterocycles. The molecule has 6 heteroatoms. The van der Waals surface area contributed by atoms with E-state index in [0.717, 1.165) is 88.1 Å². The lowest BCUT2D eigenvalue weighted by molar-refractivity contribution is 0.631. The molecular formula is C83H106N6. The van der Waals surface area contributed by atoms with Crippen LogP contribution in [0.2, 0.25) is 0 Å². The first kappa shape index (κ1) is 64.9. The summed E-state index contributed by atoms with van der Waals surface area (Å²) in [6.45, 7) is 35.0. The predicted octanol–water partition coefficient (Wildman–Crippen LogP) is 22.9. The molecular weight excluding hydrogens is 1080 g/mol. The van der Waals surface area contributed by atoms with Crippen LogP contribution in [-0.4, -0.2) is 28.7 Å². The Kier molecular flexibility index (Phi) is 21.4. The van der Waals surface area contributed by atoms with Crippen molar-refractivity contribution in [2.45, 2.75) is 249 Å². The van der Waals surface area contributed by atoms with E-state index in [1.54, 1.807) is 0 Å². The number of benzene rings is 6. The Bertz CT molecular complexity index is 3710. The van der Waals surface area contributed by atoms with Crippen LogP contribution in [0.1, 0.15) is 273 Å². The fourth-order valence-corrected chi connectivity index (χ4v) is 14.2. The van der Waals surface area contributed by atoms with Crippen LogP contribution in [0.25, 0.3) is 51.2 Å². The third kappa shape index (κ3) is 14.9. The molecule has 13 rings (SSSR count). The summed E-state index contributed by atoms with van der Waals surface area (Å²) in [4.78, 5) is 16.0. The summed E-state index contributed by atoms with van der Waals surface area (Å²) in [5.41, 5.74) is 28.1. The molecule has 0 atom stereocenters. The summed E-state index contributed by atoms with van der Waals surface area (Å²) in [6, 6.07) is 42.8. The molecule has 0 aliphatic carbocycles. The van der Waals surface area contributed by atoms with Crippen molar-refractivity contribution >= 4 is 0 Å². The second-order valence-corrected chi connectivity index (χ2v) is 28.5. The van der Waals surface area contributed by atoms with Gasteiger partial charge in [0.2, 0.25) is 0 Å². The second-order valence-electron chi connectivity index (χ2n) is 28.5. The third-order valence-corrected chi connectivity index (χ3v) is 19.2. The normalized spacial score (nSPS) is 14.5. The van der Waals surface area contributed by atoms with E-state index in [2.05, 4.69) is 245 Å². The van der Waals surface area contributed by atoms with Gasteiger partial charge in [-0.15, -0.1) is 0 Å². The summed E-state index contributed by atoms with van der Waals surface area (Å²) in [6.07, 6.45) is 25.5. The summed E-state index contributed by atoms with van der Waals surface area (Å²) in [7, 11) is 0. The van der Waals surface area contributed by atoms with Crippen molar-refractivity contribution in [3.05, 3.63) is 212 Å². The molecule has 468 valence electrons. The molecule has 9 aromatic rings. The number of hydrogen-bond acceptors (Lipinski definition) is 3. The van der Waals surface area contributed by atoms with Gasteiger partial charge in [-0.3, -0.25) is 13.7 Å². The second kappa shape index (κ2) is 29.3. The van der Waals surface area contributed by atoms with E-state index in [1.807, 2.05) is 0 Å². The van der Waals surface area contributed by atoms with Crippen LogP contribution >= 0.6 is 0 Å². The number of aryl methyl sites for hydroxylation is 9. The van der Waals surface area contributed by atoms with E-state index in [0.29, 0.717) is 35.5 Å². The van der Waals surface area contributed by atoms with Gasteiger partial charge >= 0.3 is 0 Å². The van der Waals surface area contributed by atoms with Crippen LogP contribution in [-0.2, 0) is 38.5 Å². The average molecular weight is 1190 g/mol. The van der Waals surface area contributed by atoms with Crippen molar-refractivity contribution in [1.82, 2.24) is 28.7 Å². The molecule has 0 unspecified atom stereocenters. The van der Waals surface area contributed by atoms with Gasteiger partial charge in [-0.05, 0) is 183 Å². The van der Waals surface area contributed by atoms with E-state index >= 15 is 0 Å². The molecule has 0 radical (unpaired) electrons. The highest BCUT2D eigenvalue weighted by atomic mass is 15.1. The number of hydrogen-bond donors (Lipinski definition) is 0. The molecule has 6 nitrogen and oxygen atoms in total. The Morgan fingerprint density at radius 1 is 0.270 bits per heavy atom. The number of nitrogens with zero attached hydrogens (tertiary/aromatic N) is 6. The van der Waals surface area contributed by atoms with Crippen molar-refractivity contribution < 1.29 is 0 Å². The Morgan fingerprint density at radius 2 is 0.472 bits per heavy atom. The summed E-state index contributed by atoms with van der Waals surface area (Å²) in [5, 5.41) is 0. The lowest BCUT2D eigenvalue weighted by Gasteiger charge is -2.25. The van der Waals surface area contributed by atoms with E-state index in [1.165, 1.54) is 156 Å². The molecule has 0 fully saturated rings. The van der Waals surface area contributed by atoms with Crippen molar-refractivity contribution in [2.24, 2.45) is 0 Å². The minimum atomic E-state index is 0.369. The molecule has 0 spiro atoms. The fraction of sp³-hybridized carbons (Fsp3) is 0.458. The van der Waals surface area contributed by atoms with E-state index in [4.69, 9.17) is 15.0 Å². The molecule has 0 N–H and O–H groups in total. The monoisotopic (exact) mass is 1190 g/mol. The van der Waals surface area contributed by atoms with Crippen molar-refractivity contribution in [2.75, 3.05) is 0 Å². The number of rotatable bonds is 9. The van der Waals surface area contributed by atoms with Crippen LogP contribution in [0.5, 0.6) is 0 Å². The predicted molar refractivity (Wildman–Crippen MR) is 379 cm³/mol. The number of fused-ring (bicyclic) bond motifs is 3. The lowest BCUT2D eigenvalue weighted by Crippen LogP contribution is -2.12. The van der Waals surface area contributed by atoms with Gasteiger partial charge in [0.15, 0.2) is 0 Å². The molecule has 4 aliphatic rings. The minimum Gasteiger partial charge on any atom is -0.296 e. The first-order valence-corrected chi connectivity index (χ1v) is 34.8. The van der Waals surface area contributed by atoms with Gasteiger partial charge in [-0.1, -0.05) is 241 Å². The Morgan fingerprint density at radius 3 is 0.685 bits per heavy atom. The first-order chi connectivity index (χ1) is 42.9. The zero-order valence-corrected chi connectivity index (χ0v) is 57.3. The van der Waals surface area contributed by atoms with Crippen LogP contribution in [0.3, 0.4) is 0 Å². The molecule has 4 aliphatic heterocycles. The molecule has 7 heterocycles. The maximum atomic E-state index is 5.32. The van der Waals surface area contributed by atoms with Crippen molar-refractivity contribution in [1.29, 1.82) is 0 Å². The van der Waals surface area contributed by atoms with Crippen molar-refractivity contribution in [3.8, 4) is 51.2 Å². The van der Waals surface area contributed by atoms with E-state index < -0.39 is 0 Å². The molecule has 6 aromatic carbocycles. The van der Waals surface area contributed by atoms with E-state index in [-0.39, 0.29) is 0 Å².